The van der Waals surface area contributed by atoms with Crippen molar-refractivity contribution >= 4 is 29.1 Å². The average molecular weight is 362 g/mol. The monoisotopic (exact) mass is 362 g/mol. The van der Waals surface area contributed by atoms with E-state index in [1.54, 1.807) is 18.2 Å². The number of halogens is 3. The molecule has 0 aliphatic carbocycles. The van der Waals surface area contributed by atoms with E-state index in [1.807, 2.05) is 0 Å². The van der Waals surface area contributed by atoms with Crippen LogP contribution >= 0.6 is 23.1 Å². The summed E-state index contributed by atoms with van der Waals surface area (Å²) in [6.07, 6.45) is -3.95. The molecule has 9 heteroatoms. The maximum atomic E-state index is 12.7. The van der Waals surface area contributed by atoms with E-state index in [9.17, 15) is 23.2 Å². The van der Waals surface area contributed by atoms with Crippen LogP contribution in [0.4, 0.5) is 18.0 Å². The van der Waals surface area contributed by atoms with Crippen LogP contribution in [-0.2, 0) is 12.6 Å². The fourth-order valence-electron chi connectivity index (χ4n) is 1.73. The zero-order valence-electron chi connectivity index (χ0n) is 11.7. The molecule has 0 radical (unpaired) electrons. The number of rotatable bonds is 5. The van der Waals surface area contributed by atoms with E-state index in [2.05, 4.69) is 0 Å². The van der Waals surface area contributed by atoms with Gasteiger partial charge < -0.3 is 5.73 Å². The molecule has 0 atom stereocenters. The molecule has 0 fully saturated rings. The molecule has 4 nitrogen and oxygen atoms in total. The molecule has 3 N–H and O–H groups in total. The summed E-state index contributed by atoms with van der Waals surface area (Å²) in [5.41, 5.74) is 4.22. The molecule has 0 aliphatic heterocycles. The minimum Gasteiger partial charge on any atom is -0.350 e. The van der Waals surface area contributed by atoms with E-state index < -0.39 is 17.8 Å². The molecule has 1 aromatic carbocycles. The van der Waals surface area contributed by atoms with E-state index in [1.165, 1.54) is 29.2 Å². The van der Waals surface area contributed by atoms with E-state index in [4.69, 9.17) is 5.73 Å². The highest BCUT2D eigenvalue weighted by molar-refractivity contribution is 8.01. The first-order valence-corrected chi connectivity index (χ1v) is 8.08. The number of hydroxylamine groups is 2. The lowest BCUT2D eigenvalue weighted by Gasteiger charge is -2.10. The average Bonchev–Trinajstić information content (AvgIpc) is 2.91. The van der Waals surface area contributed by atoms with Gasteiger partial charge in [0.05, 0.1) is 16.3 Å². The number of carbonyl (C=O) groups excluding carboxylic acids is 1. The van der Waals surface area contributed by atoms with Gasteiger partial charge >= 0.3 is 12.2 Å². The first kappa shape index (κ1) is 17.6. The molecule has 0 aliphatic rings. The van der Waals surface area contributed by atoms with Crippen molar-refractivity contribution in [3.8, 4) is 0 Å². The number of alkyl halides is 3. The summed E-state index contributed by atoms with van der Waals surface area (Å²) in [6, 6.07) is 7.78. The smallest absolute Gasteiger partial charge is 0.350 e. The van der Waals surface area contributed by atoms with Crippen LogP contribution in [0.3, 0.4) is 0 Å². The van der Waals surface area contributed by atoms with Gasteiger partial charge in [-0.25, -0.2) is 9.86 Å². The van der Waals surface area contributed by atoms with Crippen molar-refractivity contribution in [3.05, 3.63) is 46.8 Å². The molecule has 124 valence electrons. The van der Waals surface area contributed by atoms with E-state index >= 15 is 0 Å². The molecule has 1 aromatic heterocycles. The highest BCUT2D eigenvalue weighted by Crippen LogP contribution is 2.37. The normalized spacial score (nSPS) is 11.5. The number of urea groups is 1. The van der Waals surface area contributed by atoms with Gasteiger partial charge in [0.15, 0.2) is 0 Å². The molecule has 2 rings (SSSR count). The van der Waals surface area contributed by atoms with Crippen LogP contribution in [0.5, 0.6) is 0 Å². The zero-order valence-corrected chi connectivity index (χ0v) is 13.3. The number of nitrogens with zero attached hydrogens (tertiary/aromatic N) is 1. The quantitative estimate of drug-likeness (QED) is 0.618. The summed E-state index contributed by atoms with van der Waals surface area (Å²) in [5.74, 6) is 0. The van der Waals surface area contributed by atoms with E-state index in [0.717, 1.165) is 21.2 Å². The van der Waals surface area contributed by atoms with E-state index in [0.29, 0.717) is 16.4 Å². The Kier molecular flexibility index (Phi) is 5.55. The van der Waals surface area contributed by atoms with Gasteiger partial charge in [-0.3, -0.25) is 5.21 Å². The van der Waals surface area contributed by atoms with Crippen LogP contribution in [0.15, 0.2) is 45.5 Å². The second-order valence-electron chi connectivity index (χ2n) is 4.56. The molecule has 0 spiro atoms. The Morgan fingerprint density at radius 2 is 2.04 bits per heavy atom. The summed E-state index contributed by atoms with van der Waals surface area (Å²) < 4.78 is 38.9. The highest BCUT2D eigenvalue weighted by Gasteiger charge is 2.30. The second kappa shape index (κ2) is 7.24. The maximum Gasteiger partial charge on any atom is 0.416 e. The van der Waals surface area contributed by atoms with Crippen molar-refractivity contribution in [2.45, 2.75) is 21.7 Å². The van der Waals surface area contributed by atoms with Crippen molar-refractivity contribution in [2.24, 2.45) is 5.73 Å². The number of primary amides is 1. The lowest BCUT2D eigenvalue weighted by molar-refractivity contribution is -0.137. The molecular weight excluding hydrogens is 349 g/mol. The fourth-order valence-corrected chi connectivity index (χ4v) is 3.93. The zero-order chi connectivity index (χ0) is 17.0. The third kappa shape index (κ3) is 5.15. The summed E-state index contributed by atoms with van der Waals surface area (Å²) in [4.78, 5) is 12.1. The van der Waals surface area contributed by atoms with Crippen molar-refractivity contribution in [1.82, 2.24) is 5.06 Å². The number of benzene rings is 1. The Labute approximate surface area is 138 Å². The predicted molar refractivity (Wildman–Crippen MR) is 81.7 cm³/mol. The number of amides is 2. The Morgan fingerprint density at radius 1 is 1.30 bits per heavy atom. The number of hydrogen-bond acceptors (Lipinski definition) is 4. The number of nitrogens with two attached hydrogens (primary N) is 1. The van der Waals surface area contributed by atoms with Crippen molar-refractivity contribution in [3.63, 3.8) is 0 Å². The van der Waals surface area contributed by atoms with Gasteiger partial charge in [0.2, 0.25) is 0 Å². The van der Waals surface area contributed by atoms with Gasteiger partial charge in [0.25, 0.3) is 0 Å². The molecular formula is C14H13F3N2O2S2. The topological polar surface area (TPSA) is 66.6 Å². The molecule has 2 aromatic rings. The first-order valence-electron chi connectivity index (χ1n) is 6.45. The Bertz CT molecular complexity index is 689. The van der Waals surface area contributed by atoms with Crippen LogP contribution < -0.4 is 5.73 Å². The maximum absolute atomic E-state index is 12.7. The SMILES string of the molecule is NC(=O)N(O)CCc1ccc(Sc2cccc(C(F)(F)F)c2)s1. The lowest BCUT2D eigenvalue weighted by Crippen LogP contribution is -2.34. The highest BCUT2D eigenvalue weighted by atomic mass is 32.2. The van der Waals surface area contributed by atoms with Gasteiger partial charge in [0, 0.05) is 16.2 Å². The van der Waals surface area contributed by atoms with Crippen LogP contribution in [0.1, 0.15) is 10.4 Å². The van der Waals surface area contributed by atoms with Crippen LogP contribution in [-0.4, -0.2) is 22.8 Å². The molecule has 23 heavy (non-hydrogen) atoms. The number of hydrogen-bond donors (Lipinski definition) is 2. The van der Waals surface area contributed by atoms with Gasteiger partial charge in [-0.2, -0.15) is 13.2 Å². The van der Waals surface area contributed by atoms with Crippen LogP contribution in [0.25, 0.3) is 0 Å². The van der Waals surface area contributed by atoms with Gasteiger partial charge in [-0.1, -0.05) is 17.8 Å². The van der Waals surface area contributed by atoms with Crippen LogP contribution in [0, 0.1) is 0 Å². The minimum atomic E-state index is -4.36. The third-order valence-electron chi connectivity index (χ3n) is 2.84. The largest absolute Gasteiger partial charge is 0.416 e. The van der Waals surface area contributed by atoms with Crippen molar-refractivity contribution in [1.29, 1.82) is 0 Å². The second-order valence-corrected chi connectivity index (χ2v) is 7.10. The summed E-state index contributed by atoms with van der Waals surface area (Å²) in [7, 11) is 0. The van der Waals surface area contributed by atoms with E-state index in [-0.39, 0.29) is 6.54 Å². The summed E-state index contributed by atoms with van der Waals surface area (Å²) >= 11 is 2.62. The predicted octanol–water partition coefficient (Wildman–Crippen LogP) is 4.23. The molecule has 1 heterocycles. The first-order chi connectivity index (χ1) is 10.8. The molecule has 0 saturated heterocycles. The van der Waals surface area contributed by atoms with Crippen molar-refractivity contribution < 1.29 is 23.2 Å². The minimum absolute atomic E-state index is 0.0590. The summed E-state index contributed by atoms with van der Waals surface area (Å²) in [5, 5.41) is 9.60. The Balaban J connectivity index is 2.01. The fraction of sp³-hybridized carbons (Fsp3) is 0.214. The standard InChI is InChI=1S/C14H13F3N2O2S2/c15-14(16,17)9-2-1-3-11(8-9)23-12-5-4-10(22-12)6-7-19(21)13(18)20/h1-5,8,21H,6-7H2,(H2,18,20). The third-order valence-corrected chi connectivity index (χ3v) is 5.11. The molecule has 0 unspecified atom stereocenters. The van der Waals surface area contributed by atoms with Crippen molar-refractivity contribution in [2.75, 3.05) is 6.54 Å². The van der Waals surface area contributed by atoms with Gasteiger partial charge in [-0.05, 0) is 30.3 Å². The number of thiophene rings is 1. The molecule has 0 bridgehead atoms. The molecule has 2 amide bonds. The van der Waals surface area contributed by atoms with Gasteiger partial charge in [-0.15, -0.1) is 11.3 Å². The Hall–Kier alpha value is -1.71. The lowest BCUT2D eigenvalue weighted by atomic mass is 10.2. The Morgan fingerprint density at radius 3 is 2.70 bits per heavy atom. The molecule has 0 saturated carbocycles. The number of carbonyl (C=O) groups is 1. The van der Waals surface area contributed by atoms with Crippen LogP contribution in [0.2, 0.25) is 0 Å². The summed E-state index contributed by atoms with van der Waals surface area (Å²) in [6.45, 7) is 0.0590. The van der Waals surface area contributed by atoms with Gasteiger partial charge in [0.1, 0.15) is 0 Å².